The molecule has 3 atom stereocenters. The Kier molecular flexibility index (Phi) is 5.19. The number of ether oxygens (including phenoxy) is 1. The monoisotopic (exact) mass is 390 g/mol. The molecule has 2 aliphatic rings. The number of benzene rings is 1. The molecule has 3 rings (SSSR count). The summed E-state index contributed by atoms with van der Waals surface area (Å²) < 4.78 is 7.17. The molecule has 2 aliphatic heterocycles. The number of nitrogens with two attached hydrogens (primary N) is 1. The van der Waals surface area contributed by atoms with Crippen molar-refractivity contribution < 1.29 is 4.74 Å². The van der Waals surface area contributed by atoms with Gasteiger partial charge < -0.3 is 4.74 Å². The largest absolute Gasteiger partial charge is 0.374 e. The topological polar surface area (TPSA) is 47.3 Å². The molecular weight excluding hydrogens is 372 g/mol. The number of hydrogen-bond acceptors (Lipinski definition) is 4. The molecule has 6 heteroatoms. The van der Waals surface area contributed by atoms with Crippen molar-refractivity contribution in [3.63, 3.8) is 0 Å². The zero-order valence-corrected chi connectivity index (χ0v) is 14.9. The summed E-state index contributed by atoms with van der Waals surface area (Å²) in [6, 6.07) is 5.98. The van der Waals surface area contributed by atoms with Crippen molar-refractivity contribution in [2.75, 3.05) is 18.1 Å². The third-order valence-electron chi connectivity index (χ3n) is 4.54. The van der Waals surface area contributed by atoms with Crippen molar-refractivity contribution in [3.8, 4) is 0 Å². The van der Waals surface area contributed by atoms with Crippen LogP contribution >= 0.6 is 39.3 Å². The van der Waals surface area contributed by atoms with Crippen LogP contribution in [0.3, 0.4) is 0 Å². The molecule has 2 fully saturated rings. The fourth-order valence-corrected chi connectivity index (χ4v) is 5.50. The lowest BCUT2D eigenvalue weighted by Crippen LogP contribution is -2.45. The lowest BCUT2D eigenvalue weighted by Gasteiger charge is -2.41. The second-order valence-electron chi connectivity index (χ2n) is 5.90. The predicted octanol–water partition coefficient (Wildman–Crippen LogP) is 3.91. The summed E-state index contributed by atoms with van der Waals surface area (Å²) in [6.07, 6.45) is 3.25. The average Bonchev–Trinajstić information content (AvgIpc) is 2.91. The molecule has 3 nitrogen and oxygen atoms in total. The first kappa shape index (κ1) is 16.1. The molecule has 0 saturated carbocycles. The third kappa shape index (κ3) is 3.43. The van der Waals surface area contributed by atoms with Gasteiger partial charge >= 0.3 is 0 Å². The van der Waals surface area contributed by atoms with Crippen molar-refractivity contribution in [2.24, 2.45) is 11.8 Å². The van der Waals surface area contributed by atoms with Gasteiger partial charge in [0.05, 0.1) is 11.6 Å². The Hall–Kier alpha value is 0.220. The molecule has 0 amide bonds. The third-order valence-corrected chi connectivity index (χ3v) is 6.72. The summed E-state index contributed by atoms with van der Waals surface area (Å²) >= 11 is 11.8. The summed E-state index contributed by atoms with van der Waals surface area (Å²) in [5, 5.41) is 0.742. The van der Waals surface area contributed by atoms with Crippen LogP contribution in [-0.4, -0.2) is 23.7 Å². The van der Waals surface area contributed by atoms with E-state index in [0.29, 0.717) is 5.92 Å². The van der Waals surface area contributed by atoms with Crippen molar-refractivity contribution in [3.05, 3.63) is 33.3 Å². The maximum Gasteiger partial charge on any atom is 0.0783 e. The van der Waals surface area contributed by atoms with E-state index in [0.717, 1.165) is 46.7 Å². The number of hydrogen-bond donors (Lipinski definition) is 2. The Morgan fingerprint density at radius 3 is 3.10 bits per heavy atom. The van der Waals surface area contributed by atoms with Gasteiger partial charge in [-0.15, -0.1) is 0 Å². The Bertz CT molecular complexity index is 510. The van der Waals surface area contributed by atoms with Crippen molar-refractivity contribution >= 4 is 39.3 Å². The standard InChI is InChI=1S/C15H20BrClN2OS/c16-13-2-1-11(17)7-12(13)14(19-18)10-3-5-20-15(8-10)4-6-21-9-15/h1-2,7,10,14,19H,3-6,8-9,18H2. The first-order valence-electron chi connectivity index (χ1n) is 7.26. The molecule has 0 aromatic heterocycles. The molecule has 0 bridgehead atoms. The fourth-order valence-electron chi connectivity index (χ4n) is 3.45. The van der Waals surface area contributed by atoms with E-state index in [9.17, 15) is 0 Å². The second-order valence-corrected chi connectivity index (χ2v) is 8.29. The van der Waals surface area contributed by atoms with Gasteiger partial charge in [0.15, 0.2) is 0 Å². The van der Waals surface area contributed by atoms with E-state index in [-0.39, 0.29) is 11.6 Å². The zero-order valence-electron chi connectivity index (χ0n) is 11.8. The molecule has 3 unspecified atom stereocenters. The number of rotatable bonds is 3. The molecule has 1 aromatic carbocycles. The van der Waals surface area contributed by atoms with Crippen molar-refractivity contribution in [1.29, 1.82) is 0 Å². The molecule has 2 saturated heterocycles. The van der Waals surface area contributed by atoms with Crippen LogP contribution in [0.4, 0.5) is 0 Å². The van der Waals surface area contributed by atoms with E-state index in [1.165, 1.54) is 5.75 Å². The lowest BCUT2D eigenvalue weighted by atomic mass is 9.79. The summed E-state index contributed by atoms with van der Waals surface area (Å²) in [4.78, 5) is 0. The minimum absolute atomic E-state index is 0.0632. The summed E-state index contributed by atoms with van der Waals surface area (Å²) in [7, 11) is 0. The first-order chi connectivity index (χ1) is 10.1. The summed E-state index contributed by atoms with van der Waals surface area (Å²) in [6.45, 7) is 0.821. The zero-order chi connectivity index (χ0) is 14.9. The van der Waals surface area contributed by atoms with Gasteiger partial charge in [0.1, 0.15) is 0 Å². The summed E-state index contributed by atoms with van der Waals surface area (Å²) in [5.41, 5.74) is 4.21. The second kappa shape index (κ2) is 6.77. The van der Waals surface area contributed by atoms with Crippen molar-refractivity contribution in [2.45, 2.75) is 30.9 Å². The normalized spacial score (nSPS) is 30.7. The van der Waals surface area contributed by atoms with Crippen LogP contribution in [0.5, 0.6) is 0 Å². The SMILES string of the molecule is NNC(c1cc(Cl)ccc1Br)C1CCOC2(CCSC2)C1. The molecule has 3 N–H and O–H groups in total. The highest BCUT2D eigenvalue weighted by atomic mass is 79.9. The number of nitrogens with one attached hydrogen (secondary N) is 1. The van der Waals surface area contributed by atoms with Gasteiger partial charge in [0.25, 0.3) is 0 Å². The highest BCUT2D eigenvalue weighted by Crippen LogP contribution is 2.44. The highest BCUT2D eigenvalue weighted by molar-refractivity contribution is 9.10. The molecule has 1 spiro atoms. The van der Waals surface area contributed by atoms with Gasteiger partial charge in [-0.25, -0.2) is 0 Å². The maximum atomic E-state index is 6.16. The average molecular weight is 392 g/mol. The lowest BCUT2D eigenvalue weighted by molar-refractivity contribution is -0.0854. The van der Waals surface area contributed by atoms with Crippen LogP contribution in [0.1, 0.15) is 30.9 Å². The first-order valence-corrected chi connectivity index (χ1v) is 9.59. The van der Waals surface area contributed by atoms with Gasteiger partial charge in [-0.05, 0) is 54.7 Å². The summed E-state index contributed by atoms with van der Waals surface area (Å²) in [5.74, 6) is 8.66. The van der Waals surface area contributed by atoms with E-state index >= 15 is 0 Å². The quantitative estimate of drug-likeness (QED) is 0.606. The fraction of sp³-hybridized carbons (Fsp3) is 0.600. The van der Waals surface area contributed by atoms with Crippen LogP contribution in [0, 0.1) is 5.92 Å². The van der Waals surface area contributed by atoms with E-state index in [4.69, 9.17) is 22.2 Å². The molecular formula is C15H20BrClN2OS. The van der Waals surface area contributed by atoms with Gasteiger partial charge in [-0.3, -0.25) is 11.3 Å². The van der Waals surface area contributed by atoms with E-state index in [2.05, 4.69) is 21.4 Å². The van der Waals surface area contributed by atoms with Gasteiger partial charge in [-0.2, -0.15) is 11.8 Å². The Balaban J connectivity index is 1.84. The molecule has 0 radical (unpaired) electrons. The smallest absolute Gasteiger partial charge is 0.0783 e. The van der Waals surface area contributed by atoms with Crippen LogP contribution in [0.25, 0.3) is 0 Å². The number of halogens is 2. The number of hydrazine groups is 1. The molecule has 2 heterocycles. The molecule has 21 heavy (non-hydrogen) atoms. The van der Waals surface area contributed by atoms with E-state index < -0.39 is 0 Å². The van der Waals surface area contributed by atoms with Crippen LogP contribution < -0.4 is 11.3 Å². The molecule has 0 aliphatic carbocycles. The Morgan fingerprint density at radius 2 is 2.38 bits per heavy atom. The number of thioether (sulfide) groups is 1. The molecule has 1 aromatic rings. The van der Waals surface area contributed by atoms with Crippen molar-refractivity contribution in [1.82, 2.24) is 5.43 Å². The minimum Gasteiger partial charge on any atom is -0.374 e. The Labute approximate surface area is 143 Å². The van der Waals surface area contributed by atoms with E-state index in [1.807, 2.05) is 30.0 Å². The van der Waals surface area contributed by atoms with Crippen LogP contribution in [0.15, 0.2) is 22.7 Å². The van der Waals surface area contributed by atoms with Crippen LogP contribution in [-0.2, 0) is 4.74 Å². The van der Waals surface area contributed by atoms with Gasteiger partial charge in [0.2, 0.25) is 0 Å². The molecule has 116 valence electrons. The van der Waals surface area contributed by atoms with Gasteiger partial charge in [0, 0.05) is 21.9 Å². The van der Waals surface area contributed by atoms with Crippen LogP contribution in [0.2, 0.25) is 5.02 Å². The van der Waals surface area contributed by atoms with E-state index in [1.54, 1.807) is 0 Å². The minimum atomic E-state index is 0.0632. The maximum absolute atomic E-state index is 6.16. The predicted molar refractivity (Wildman–Crippen MR) is 92.6 cm³/mol. The van der Waals surface area contributed by atoms with Gasteiger partial charge in [-0.1, -0.05) is 27.5 Å². The highest BCUT2D eigenvalue weighted by Gasteiger charge is 2.42. The Morgan fingerprint density at radius 1 is 1.52 bits per heavy atom.